The van der Waals surface area contributed by atoms with E-state index in [1.54, 1.807) is 18.5 Å². The monoisotopic (exact) mass is 170 g/mol. The average Bonchev–Trinajstić information content (AvgIpc) is 2.17. The van der Waals surface area contributed by atoms with Gasteiger partial charge in [-0.1, -0.05) is 11.4 Å². The summed E-state index contributed by atoms with van der Waals surface area (Å²) in [6.45, 7) is 0.760. The van der Waals surface area contributed by atoms with E-state index in [0.29, 0.717) is 0 Å². The van der Waals surface area contributed by atoms with Crippen LogP contribution in [0.3, 0.4) is 0 Å². The van der Waals surface area contributed by atoms with Crippen LogP contribution in [-0.2, 0) is 20.9 Å². The SMILES string of the molecule is COP1(=S)OCCS1. The van der Waals surface area contributed by atoms with Gasteiger partial charge in [0.25, 0.3) is 0 Å². The van der Waals surface area contributed by atoms with Crippen molar-refractivity contribution >= 4 is 28.9 Å². The Hall–Kier alpha value is 0.920. The third-order valence-corrected chi connectivity index (χ3v) is 6.39. The van der Waals surface area contributed by atoms with Crippen LogP contribution in [0.2, 0.25) is 0 Å². The van der Waals surface area contributed by atoms with Crippen LogP contribution in [0.15, 0.2) is 0 Å². The highest BCUT2D eigenvalue weighted by Crippen LogP contribution is 2.63. The topological polar surface area (TPSA) is 18.5 Å². The molecule has 1 rings (SSSR count). The van der Waals surface area contributed by atoms with Gasteiger partial charge in [0.05, 0.1) is 6.61 Å². The van der Waals surface area contributed by atoms with Crippen molar-refractivity contribution < 1.29 is 9.05 Å². The first kappa shape index (κ1) is 7.03. The van der Waals surface area contributed by atoms with Crippen LogP contribution in [-0.4, -0.2) is 19.5 Å². The normalized spacial score (nSPS) is 38.1. The van der Waals surface area contributed by atoms with E-state index in [2.05, 4.69) is 0 Å². The summed E-state index contributed by atoms with van der Waals surface area (Å²) >= 11 is 6.62. The quantitative estimate of drug-likeness (QED) is 0.556. The second-order valence-corrected chi connectivity index (χ2v) is 7.83. The predicted molar refractivity (Wildman–Crippen MR) is 39.7 cm³/mol. The van der Waals surface area contributed by atoms with E-state index in [1.165, 1.54) is 0 Å². The molecule has 0 spiro atoms. The Balaban J connectivity index is 2.53. The maximum Gasteiger partial charge on any atom is 0.247 e. The van der Waals surface area contributed by atoms with Gasteiger partial charge in [-0.3, -0.25) is 0 Å². The second kappa shape index (κ2) is 2.67. The molecule has 0 aromatic rings. The molecule has 0 aliphatic carbocycles. The highest BCUT2D eigenvalue weighted by molar-refractivity contribution is 8.68. The summed E-state index contributed by atoms with van der Waals surface area (Å²) in [6.07, 6.45) is 0. The zero-order valence-electron chi connectivity index (χ0n) is 4.49. The Bertz CT molecular complexity index is 116. The Morgan fingerprint density at radius 2 is 2.62 bits per heavy atom. The Morgan fingerprint density at radius 3 is 2.88 bits per heavy atom. The molecule has 0 saturated carbocycles. The van der Waals surface area contributed by atoms with Gasteiger partial charge in [-0.15, -0.1) is 0 Å². The smallest absolute Gasteiger partial charge is 0.247 e. The van der Waals surface area contributed by atoms with Crippen molar-refractivity contribution in [1.82, 2.24) is 0 Å². The van der Waals surface area contributed by atoms with Crippen LogP contribution in [0.5, 0.6) is 0 Å². The molecule has 0 N–H and O–H groups in total. The molecule has 0 radical (unpaired) electrons. The molecule has 1 aliphatic heterocycles. The number of hydrogen-bond acceptors (Lipinski definition) is 4. The third kappa shape index (κ3) is 1.45. The van der Waals surface area contributed by atoms with Crippen molar-refractivity contribution in [2.75, 3.05) is 19.5 Å². The van der Waals surface area contributed by atoms with E-state index < -0.39 is 5.69 Å². The fourth-order valence-electron chi connectivity index (χ4n) is 0.441. The van der Waals surface area contributed by atoms with Gasteiger partial charge < -0.3 is 9.05 Å². The molecule has 0 bridgehead atoms. The molecule has 5 heteroatoms. The summed E-state index contributed by atoms with van der Waals surface area (Å²) in [6, 6.07) is 0. The lowest BCUT2D eigenvalue weighted by Crippen LogP contribution is -1.79. The molecule has 1 unspecified atom stereocenters. The van der Waals surface area contributed by atoms with Crippen LogP contribution >= 0.6 is 17.1 Å². The van der Waals surface area contributed by atoms with Gasteiger partial charge in [-0.05, 0) is 11.8 Å². The molecule has 0 amide bonds. The lowest BCUT2D eigenvalue weighted by atomic mass is 10.9. The van der Waals surface area contributed by atoms with Crippen molar-refractivity contribution in [3.63, 3.8) is 0 Å². The van der Waals surface area contributed by atoms with Gasteiger partial charge in [0.1, 0.15) is 0 Å². The van der Waals surface area contributed by atoms with E-state index in [-0.39, 0.29) is 0 Å². The summed E-state index contributed by atoms with van der Waals surface area (Å²) in [4.78, 5) is 0. The Labute approximate surface area is 57.9 Å². The molecule has 8 heavy (non-hydrogen) atoms. The van der Waals surface area contributed by atoms with Crippen LogP contribution in [0.1, 0.15) is 0 Å². The van der Waals surface area contributed by atoms with Crippen molar-refractivity contribution in [2.45, 2.75) is 0 Å². The first-order valence-electron chi connectivity index (χ1n) is 2.22. The summed E-state index contributed by atoms with van der Waals surface area (Å²) in [7, 11) is 1.61. The third-order valence-electron chi connectivity index (χ3n) is 0.806. The standard InChI is InChI=1S/C3H7O2PS2/c1-4-6(7)5-2-3-8-6/h2-3H2,1H3. The van der Waals surface area contributed by atoms with Crippen molar-refractivity contribution in [3.8, 4) is 0 Å². The first-order valence-corrected chi connectivity index (χ1v) is 6.44. The largest absolute Gasteiger partial charge is 0.325 e. The summed E-state index contributed by atoms with van der Waals surface area (Å²) < 4.78 is 10.1. The molecule has 1 aliphatic rings. The predicted octanol–water partition coefficient (Wildman–Crippen LogP) is 1.62. The maximum atomic E-state index is 5.16. The fourth-order valence-corrected chi connectivity index (χ4v) is 4.10. The lowest BCUT2D eigenvalue weighted by molar-refractivity contribution is 0.321. The van der Waals surface area contributed by atoms with Gasteiger partial charge >= 0.3 is 0 Å². The molecule has 0 aromatic heterocycles. The molecule has 48 valence electrons. The lowest BCUT2D eigenvalue weighted by Gasteiger charge is -2.07. The van der Waals surface area contributed by atoms with E-state index in [1.807, 2.05) is 0 Å². The molecule has 2 nitrogen and oxygen atoms in total. The Kier molecular flexibility index (Phi) is 2.35. The summed E-state index contributed by atoms with van der Waals surface area (Å²) in [5, 5.41) is 0. The number of rotatable bonds is 1. The minimum Gasteiger partial charge on any atom is -0.325 e. The minimum atomic E-state index is -1.80. The van der Waals surface area contributed by atoms with Crippen molar-refractivity contribution in [3.05, 3.63) is 0 Å². The minimum absolute atomic E-state index is 0.760. The molecular formula is C3H7O2PS2. The maximum absolute atomic E-state index is 5.16. The van der Waals surface area contributed by atoms with Gasteiger partial charge in [0.15, 0.2) is 0 Å². The van der Waals surface area contributed by atoms with E-state index in [9.17, 15) is 0 Å². The van der Waals surface area contributed by atoms with Crippen molar-refractivity contribution in [2.24, 2.45) is 0 Å². The average molecular weight is 170 g/mol. The highest BCUT2D eigenvalue weighted by Gasteiger charge is 2.23. The van der Waals surface area contributed by atoms with Gasteiger partial charge in [-0.2, -0.15) is 0 Å². The summed E-state index contributed by atoms with van der Waals surface area (Å²) in [5.41, 5.74) is -1.80. The molecule has 1 heterocycles. The molecular weight excluding hydrogens is 163 g/mol. The zero-order valence-corrected chi connectivity index (χ0v) is 7.02. The Morgan fingerprint density at radius 1 is 1.88 bits per heavy atom. The highest BCUT2D eigenvalue weighted by atomic mass is 32.9. The zero-order chi connectivity index (χ0) is 6.04. The van der Waals surface area contributed by atoms with Crippen LogP contribution in [0, 0.1) is 0 Å². The number of hydrogen-bond donors (Lipinski definition) is 0. The van der Waals surface area contributed by atoms with Crippen LogP contribution < -0.4 is 0 Å². The second-order valence-electron chi connectivity index (χ2n) is 1.30. The van der Waals surface area contributed by atoms with E-state index >= 15 is 0 Å². The van der Waals surface area contributed by atoms with E-state index in [0.717, 1.165) is 12.4 Å². The van der Waals surface area contributed by atoms with Crippen LogP contribution in [0.4, 0.5) is 0 Å². The van der Waals surface area contributed by atoms with Gasteiger partial charge in [-0.25, -0.2) is 0 Å². The molecule has 1 fully saturated rings. The summed E-state index contributed by atoms with van der Waals surface area (Å²) in [5.74, 6) is 0.991. The van der Waals surface area contributed by atoms with E-state index in [4.69, 9.17) is 20.9 Å². The van der Waals surface area contributed by atoms with Crippen LogP contribution in [0.25, 0.3) is 0 Å². The first-order chi connectivity index (χ1) is 3.77. The fraction of sp³-hybridized carbons (Fsp3) is 1.00. The molecule has 1 atom stereocenters. The molecule has 1 saturated heterocycles. The van der Waals surface area contributed by atoms with Gasteiger partial charge in [0, 0.05) is 12.9 Å². The van der Waals surface area contributed by atoms with Gasteiger partial charge in [0.2, 0.25) is 5.69 Å². The van der Waals surface area contributed by atoms with Crippen molar-refractivity contribution in [1.29, 1.82) is 0 Å². The molecule has 0 aromatic carbocycles.